The van der Waals surface area contributed by atoms with Crippen LogP contribution in [0.3, 0.4) is 0 Å². The number of nitrogens with one attached hydrogen (secondary N) is 2. The fourth-order valence-electron chi connectivity index (χ4n) is 1.85. The Morgan fingerprint density at radius 3 is 2.62 bits per heavy atom. The normalized spacial score (nSPS) is 10.0. The van der Waals surface area contributed by atoms with Gasteiger partial charge in [-0.3, -0.25) is 0 Å². The van der Waals surface area contributed by atoms with Crippen molar-refractivity contribution in [2.24, 2.45) is 0 Å². The SMILES string of the molecule is CCc1ccc(NC(=O)NCc2ccnc(OC)c2)cc1. The molecule has 21 heavy (non-hydrogen) atoms. The maximum atomic E-state index is 11.8. The van der Waals surface area contributed by atoms with Gasteiger partial charge >= 0.3 is 6.03 Å². The second kappa shape index (κ2) is 7.28. The summed E-state index contributed by atoms with van der Waals surface area (Å²) in [7, 11) is 1.56. The monoisotopic (exact) mass is 285 g/mol. The van der Waals surface area contributed by atoms with Crippen molar-refractivity contribution in [1.29, 1.82) is 0 Å². The number of carbonyl (C=O) groups excluding carboxylic acids is 1. The summed E-state index contributed by atoms with van der Waals surface area (Å²) in [5.41, 5.74) is 2.94. The Morgan fingerprint density at radius 1 is 1.19 bits per heavy atom. The van der Waals surface area contributed by atoms with Gasteiger partial charge in [0.25, 0.3) is 0 Å². The smallest absolute Gasteiger partial charge is 0.319 e. The second-order valence-electron chi connectivity index (χ2n) is 4.56. The number of hydrogen-bond acceptors (Lipinski definition) is 3. The molecule has 110 valence electrons. The molecule has 0 bridgehead atoms. The predicted molar refractivity (Wildman–Crippen MR) is 82.5 cm³/mol. The topological polar surface area (TPSA) is 63.2 Å². The largest absolute Gasteiger partial charge is 0.481 e. The summed E-state index contributed by atoms with van der Waals surface area (Å²) in [6.07, 6.45) is 2.63. The molecule has 0 fully saturated rings. The Morgan fingerprint density at radius 2 is 1.95 bits per heavy atom. The van der Waals surface area contributed by atoms with E-state index in [-0.39, 0.29) is 6.03 Å². The number of nitrogens with zero attached hydrogens (tertiary/aromatic N) is 1. The minimum absolute atomic E-state index is 0.241. The molecule has 2 amide bonds. The molecule has 5 heteroatoms. The molecule has 2 aromatic rings. The zero-order valence-electron chi connectivity index (χ0n) is 12.2. The molecule has 1 heterocycles. The average Bonchev–Trinajstić information content (AvgIpc) is 2.54. The second-order valence-corrected chi connectivity index (χ2v) is 4.56. The number of methoxy groups -OCH3 is 1. The van der Waals surface area contributed by atoms with E-state index >= 15 is 0 Å². The first-order valence-corrected chi connectivity index (χ1v) is 6.84. The summed E-state index contributed by atoms with van der Waals surface area (Å²) in [6.45, 7) is 2.51. The fraction of sp³-hybridized carbons (Fsp3) is 0.250. The van der Waals surface area contributed by atoms with Gasteiger partial charge in [-0.25, -0.2) is 9.78 Å². The molecule has 5 nitrogen and oxygen atoms in total. The number of benzene rings is 1. The van der Waals surface area contributed by atoms with Crippen LogP contribution in [0.25, 0.3) is 0 Å². The van der Waals surface area contributed by atoms with Gasteiger partial charge in [0.05, 0.1) is 7.11 Å². The third kappa shape index (κ3) is 4.49. The van der Waals surface area contributed by atoms with Crippen LogP contribution in [0.4, 0.5) is 10.5 Å². The van der Waals surface area contributed by atoms with Gasteiger partial charge in [0.1, 0.15) is 0 Å². The average molecular weight is 285 g/mol. The number of ether oxygens (including phenoxy) is 1. The number of carbonyl (C=O) groups is 1. The zero-order chi connectivity index (χ0) is 15.1. The minimum Gasteiger partial charge on any atom is -0.481 e. The third-order valence-corrected chi connectivity index (χ3v) is 3.08. The number of anilines is 1. The van der Waals surface area contributed by atoms with Crippen LogP contribution in [0, 0.1) is 0 Å². The molecule has 2 rings (SSSR count). The van der Waals surface area contributed by atoms with Crippen molar-refractivity contribution in [3.8, 4) is 5.88 Å². The molecule has 2 N–H and O–H groups in total. The molecule has 0 spiro atoms. The molecule has 0 aliphatic heterocycles. The van der Waals surface area contributed by atoms with Crippen LogP contribution in [-0.4, -0.2) is 18.1 Å². The van der Waals surface area contributed by atoms with E-state index in [1.165, 1.54) is 5.56 Å². The van der Waals surface area contributed by atoms with Crippen molar-refractivity contribution in [1.82, 2.24) is 10.3 Å². The predicted octanol–water partition coefficient (Wildman–Crippen LogP) is 2.97. The van der Waals surface area contributed by atoms with Gasteiger partial charge in [-0.1, -0.05) is 19.1 Å². The summed E-state index contributed by atoms with van der Waals surface area (Å²) in [4.78, 5) is 15.8. The number of rotatable bonds is 5. The molecule has 0 aliphatic rings. The van der Waals surface area contributed by atoms with E-state index in [0.29, 0.717) is 12.4 Å². The van der Waals surface area contributed by atoms with Crippen molar-refractivity contribution in [2.75, 3.05) is 12.4 Å². The minimum atomic E-state index is -0.241. The van der Waals surface area contributed by atoms with Crippen molar-refractivity contribution < 1.29 is 9.53 Å². The van der Waals surface area contributed by atoms with E-state index in [2.05, 4.69) is 22.5 Å². The van der Waals surface area contributed by atoms with E-state index in [0.717, 1.165) is 17.7 Å². The number of hydrogen-bond donors (Lipinski definition) is 2. The van der Waals surface area contributed by atoms with Crippen LogP contribution in [-0.2, 0) is 13.0 Å². The molecule has 0 saturated heterocycles. The highest BCUT2D eigenvalue weighted by Crippen LogP contribution is 2.10. The van der Waals surface area contributed by atoms with Gasteiger partial charge in [0.2, 0.25) is 5.88 Å². The molecular weight excluding hydrogens is 266 g/mol. The molecule has 1 aromatic heterocycles. The van der Waals surface area contributed by atoms with Gasteiger partial charge in [-0.15, -0.1) is 0 Å². The molecular formula is C16H19N3O2. The number of aryl methyl sites for hydroxylation is 1. The molecule has 0 atom stereocenters. The van der Waals surface area contributed by atoms with Crippen LogP contribution in [0.5, 0.6) is 5.88 Å². The van der Waals surface area contributed by atoms with Gasteiger partial charge in [-0.05, 0) is 35.7 Å². The van der Waals surface area contributed by atoms with Gasteiger partial charge < -0.3 is 15.4 Å². The molecule has 0 radical (unpaired) electrons. The lowest BCUT2D eigenvalue weighted by Gasteiger charge is -2.08. The zero-order valence-corrected chi connectivity index (χ0v) is 12.2. The standard InChI is InChI=1S/C16H19N3O2/c1-3-12-4-6-14(7-5-12)19-16(20)18-11-13-8-9-17-15(10-13)21-2/h4-10H,3,11H2,1-2H3,(H2,18,19,20). The van der Waals surface area contributed by atoms with Crippen molar-refractivity contribution in [3.05, 3.63) is 53.7 Å². The van der Waals surface area contributed by atoms with Crippen molar-refractivity contribution in [3.63, 3.8) is 0 Å². The van der Waals surface area contributed by atoms with Crippen LogP contribution in [0.1, 0.15) is 18.1 Å². The highest BCUT2D eigenvalue weighted by Gasteiger charge is 2.03. The lowest BCUT2D eigenvalue weighted by atomic mass is 10.1. The first-order chi connectivity index (χ1) is 10.2. The van der Waals surface area contributed by atoms with E-state index in [1.54, 1.807) is 19.4 Å². The van der Waals surface area contributed by atoms with E-state index < -0.39 is 0 Å². The quantitative estimate of drug-likeness (QED) is 0.887. The van der Waals surface area contributed by atoms with Crippen molar-refractivity contribution in [2.45, 2.75) is 19.9 Å². The third-order valence-electron chi connectivity index (χ3n) is 3.08. The summed E-state index contributed by atoms with van der Waals surface area (Å²) < 4.78 is 5.04. The van der Waals surface area contributed by atoms with E-state index in [9.17, 15) is 4.79 Å². The van der Waals surface area contributed by atoms with Crippen molar-refractivity contribution >= 4 is 11.7 Å². The maximum Gasteiger partial charge on any atom is 0.319 e. The van der Waals surface area contributed by atoms with Gasteiger partial charge in [0.15, 0.2) is 0 Å². The lowest BCUT2D eigenvalue weighted by Crippen LogP contribution is -2.28. The fourth-order valence-corrected chi connectivity index (χ4v) is 1.85. The number of aromatic nitrogens is 1. The first kappa shape index (κ1) is 14.8. The number of pyridine rings is 1. The van der Waals surface area contributed by atoms with Crippen LogP contribution < -0.4 is 15.4 Å². The maximum absolute atomic E-state index is 11.8. The van der Waals surface area contributed by atoms with Crippen LogP contribution >= 0.6 is 0 Å². The first-order valence-electron chi connectivity index (χ1n) is 6.84. The Balaban J connectivity index is 1.86. The van der Waals surface area contributed by atoms with Crippen LogP contribution in [0.2, 0.25) is 0 Å². The lowest BCUT2D eigenvalue weighted by molar-refractivity contribution is 0.251. The summed E-state index contributed by atoms with van der Waals surface area (Å²) in [5, 5.41) is 5.59. The Bertz CT molecular complexity index is 597. The Labute approximate surface area is 124 Å². The summed E-state index contributed by atoms with van der Waals surface area (Å²) in [5.74, 6) is 0.532. The summed E-state index contributed by atoms with van der Waals surface area (Å²) in [6, 6.07) is 11.2. The number of urea groups is 1. The van der Waals surface area contributed by atoms with Gasteiger partial charge in [0, 0.05) is 24.5 Å². The molecule has 1 aromatic carbocycles. The Hall–Kier alpha value is -2.56. The Kier molecular flexibility index (Phi) is 5.15. The molecule has 0 aliphatic carbocycles. The highest BCUT2D eigenvalue weighted by atomic mass is 16.5. The van der Waals surface area contributed by atoms with Crippen LogP contribution in [0.15, 0.2) is 42.6 Å². The molecule has 0 saturated carbocycles. The summed E-state index contributed by atoms with van der Waals surface area (Å²) >= 11 is 0. The van der Waals surface area contributed by atoms with E-state index in [1.807, 2.05) is 30.3 Å². The highest BCUT2D eigenvalue weighted by molar-refractivity contribution is 5.89. The van der Waals surface area contributed by atoms with Gasteiger partial charge in [-0.2, -0.15) is 0 Å². The van der Waals surface area contributed by atoms with E-state index in [4.69, 9.17) is 4.74 Å². The molecule has 0 unspecified atom stereocenters. The number of amides is 2.